The van der Waals surface area contributed by atoms with Crippen molar-refractivity contribution in [1.29, 1.82) is 0 Å². The van der Waals surface area contributed by atoms with Crippen LogP contribution in [-0.4, -0.2) is 265 Å². The van der Waals surface area contributed by atoms with Crippen molar-refractivity contribution in [3.63, 3.8) is 0 Å². The van der Waals surface area contributed by atoms with Crippen molar-refractivity contribution in [3.05, 3.63) is 0 Å². The SMILES string of the molecule is CCC(C)(C)C(=O)OC(C)C(F)(F)S(=O)(=O)[O-].CCC(C)(C)C(=O)OCC1CO1.CCC(C)(C)C(=O)OCCOCCOC.CCC(C)C(=O)OCCNC(=O)OCCC[Si](C)(C)O[Si](C)(C)O[Si](C)(C)O[Si](C)(C)O[Si](C)(C)O[Si](C)(C)O[Si](C)(C)O[Si](C)(C)O[Si](C)(C)O[Si](C)(C)O[Si](C)(C)CCCOC(=O)NCCOC(=O)C(C)CC.CCCCCCCCCOC(=O)C(C)CC.[Ag+]. The summed E-state index contributed by atoms with van der Waals surface area (Å²) in [5.74, 6) is -2.14. The van der Waals surface area contributed by atoms with Gasteiger partial charge in [0.25, 0.3) is 0 Å². The van der Waals surface area contributed by atoms with Crippen LogP contribution in [0.1, 0.15) is 214 Å². The summed E-state index contributed by atoms with van der Waals surface area (Å²) in [6.07, 6.45) is 11.0. The molecule has 1 fully saturated rings. The van der Waals surface area contributed by atoms with Gasteiger partial charge in [0.05, 0.1) is 93.3 Å². The van der Waals surface area contributed by atoms with E-state index in [4.69, 9.17) is 88.5 Å². The molecular weight excluding hydrogens is 2070 g/mol. The first-order valence-corrected chi connectivity index (χ1v) is 81.2. The maximum Gasteiger partial charge on any atom is 1.00 e. The molecule has 0 bridgehead atoms. The molecule has 49 heteroatoms. The quantitative estimate of drug-likeness (QED) is 0.0143. The molecule has 5 unspecified atom stereocenters. The number of hydrogen-bond donors (Lipinski definition) is 2. The molecule has 2 N–H and O–H groups in total. The van der Waals surface area contributed by atoms with Crippen molar-refractivity contribution in [1.82, 2.24) is 10.6 Å². The van der Waals surface area contributed by atoms with Crippen LogP contribution in [0.2, 0.25) is 156 Å². The summed E-state index contributed by atoms with van der Waals surface area (Å²) in [6.45, 7) is 80.2. The van der Waals surface area contributed by atoms with E-state index in [-0.39, 0.29) is 121 Å². The number of esters is 6. The van der Waals surface area contributed by atoms with E-state index in [2.05, 4.69) is 48.5 Å². The smallest absolute Gasteiger partial charge is 0.743 e. The average Bonchev–Trinajstić information content (AvgIpc) is 1.03. The Morgan fingerprint density at radius 2 is 0.662 bits per heavy atom. The van der Waals surface area contributed by atoms with Gasteiger partial charge in [-0.25, -0.2) is 18.0 Å². The van der Waals surface area contributed by atoms with Gasteiger partial charge in [0.2, 0.25) is 0 Å². The topological polar surface area (TPSA) is 415 Å². The summed E-state index contributed by atoms with van der Waals surface area (Å²) in [4.78, 5) is 93.6. The monoisotopic (exact) mass is 2260 g/mol. The minimum absolute atomic E-state index is 0. The van der Waals surface area contributed by atoms with E-state index in [1.165, 1.54) is 52.4 Å². The van der Waals surface area contributed by atoms with Gasteiger partial charge in [0.1, 0.15) is 32.5 Å². The zero-order valence-electron chi connectivity index (χ0n) is 91.1. The van der Waals surface area contributed by atoms with Gasteiger partial charge in [0.15, 0.2) is 32.9 Å². The van der Waals surface area contributed by atoms with Gasteiger partial charge in [-0.05, 0) is 262 Å². The zero-order valence-corrected chi connectivity index (χ0v) is 104. The van der Waals surface area contributed by atoms with Crippen molar-refractivity contribution in [2.24, 2.45) is 34.0 Å². The summed E-state index contributed by atoms with van der Waals surface area (Å²) in [7, 11) is -33.7. The largest absolute Gasteiger partial charge is 1.00 e. The molecule has 136 heavy (non-hydrogen) atoms. The van der Waals surface area contributed by atoms with Crippen LogP contribution >= 0.6 is 0 Å². The molecule has 1 rings (SSSR count). The number of carbonyl (C=O) groups is 8. The summed E-state index contributed by atoms with van der Waals surface area (Å²) in [6, 6.07) is 1.54. The van der Waals surface area contributed by atoms with Gasteiger partial charge in [-0.15, -0.1) is 0 Å². The molecule has 0 radical (unpaired) electrons. The van der Waals surface area contributed by atoms with Crippen LogP contribution < -0.4 is 10.6 Å². The number of carbonyl (C=O) groups excluding carboxylic acids is 8. The number of unbranched alkanes of at least 4 members (excludes halogenated alkanes) is 6. The molecular formula is C87H187AgF2N2O32SSi11. The van der Waals surface area contributed by atoms with Crippen molar-refractivity contribution in [2.45, 2.75) is 388 Å². The number of nitrogens with one attached hydrogen (secondary N) is 2. The molecule has 1 saturated heterocycles. The average molecular weight is 2260 g/mol. The van der Waals surface area contributed by atoms with Gasteiger partial charge >= 0.3 is 153 Å². The summed E-state index contributed by atoms with van der Waals surface area (Å²) in [5.41, 5.74) is -1.77. The predicted molar refractivity (Wildman–Crippen MR) is 547 cm³/mol. The molecule has 1 aliphatic rings. The first kappa shape index (κ1) is 142. The van der Waals surface area contributed by atoms with E-state index in [0.29, 0.717) is 78.7 Å². The summed E-state index contributed by atoms with van der Waals surface area (Å²) < 4.78 is 181. The van der Waals surface area contributed by atoms with Crippen molar-refractivity contribution >= 4 is 152 Å². The fourth-order valence-electron chi connectivity index (χ4n) is 12.7. The van der Waals surface area contributed by atoms with Crippen molar-refractivity contribution in [3.8, 4) is 0 Å². The molecule has 0 aliphatic carbocycles. The van der Waals surface area contributed by atoms with Crippen LogP contribution in [0.5, 0.6) is 0 Å². The Morgan fingerprint density at radius 3 is 0.956 bits per heavy atom. The van der Waals surface area contributed by atoms with E-state index in [1.807, 2.05) is 201 Å². The number of rotatable bonds is 65. The van der Waals surface area contributed by atoms with Crippen LogP contribution in [-0.2, 0) is 155 Å². The standard InChI is InChI=1S/C44H106N2O18Si11.C14H28O2.C11H22O4.C9H16F2O5S.C9H16O3.Ag/c1-27-39(3)41(47)51-35-31-45-43(49)53-33-29-37-65(5,6)55-67(9,10)57-69(13,14)59-71(17,18)61-73(21,22)63-75(25,26)64-74(23,24)62-72(19,20)60-70(15,16)58-68(11,12)56-66(7,8)38-30-34-54-44(50)46-32-36-52-42(48)40(4)28-2;1-4-6-7-8-9-10-11-12-16-14(15)13(3)5-2;1-5-11(2,3)10(12)15-9-8-14-7-6-13-4;1-5-8(3,4)7(12)16-6(2)9(10,11)17(13,14)15;1-4-9(2,3)8(10)12-6-7-5-11-7;/h39-40H,27-38H2,1-26H3,(H,45,49)(H,46,50);13H,4-12H2,1-3H3;5-9H2,1-4H3;6H,5H2,1-4H3,(H,13,14,15);7H,4-6H2,1-3H3;/q;;;;;+1/p-1. The van der Waals surface area contributed by atoms with Crippen LogP contribution in [0.4, 0.5) is 18.4 Å². The number of epoxide rings is 1. The van der Waals surface area contributed by atoms with Crippen LogP contribution in [0.3, 0.4) is 0 Å². The summed E-state index contributed by atoms with van der Waals surface area (Å²) in [5, 5.41) is 0.614. The van der Waals surface area contributed by atoms with Crippen LogP contribution in [0.15, 0.2) is 0 Å². The minimum Gasteiger partial charge on any atom is -0.743 e. The molecule has 2 amide bonds. The number of alkyl carbamates (subject to hydrolysis) is 2. The Bertz CT molecular complexity index is 3400. The van der Waals surface area contributed by atoms with Crippen LogP contribution in [0.25, 0.3) is 0 Å². The van der Waals surface area contributed by atoms with E-state index >= 15 is 0 Å². The Balaban J connectivity index is -0.000000736. The fourth-order valence-corrected chi connectivity index (χ4v) is 69.4. The first-order chi connectivity index (χ1) is 61.3. The fraction of sp³-hybridized carbons (Fsp3) is 0.908. The van der Waals surface area contributed by atoms with Crippen LogP contribution in [0, 0.1) is 34.0 Å². The number of hydrogen-bond acceptors (Lipinski definition) is 32. The molecule has 0 aromatic heterocycles. The summed E-state index contributed by atoms with van der Waals surface area (Å²) >= 11 is 0. The molecule has 0 spiro atoms. The molecule has 1 heterocycles. The number of methoxy groups -OCH3 is 1. The number of alkyl halides is 2. The van der Waals surface area contributed by atoms with E-state index in [1.54, 1.807) is 14.0 Å². The normalized spacial score (nSPS) is 14.7. The molecule has 0 aromatic rings. The van der Waals surface area contributed by atoms with Gasteiger partial charge in [-0.3, -0.25) is 28.8 Å². The Labute approximate surface area is 846 Å². The predicted octanol–water partition coefficient (Wildman–Crippen LogP) is 20.1. The molecule has 34 nitrogen and oxygen atoms in total. The van der Waals surface area contributed by atoms with Gasteiger partial charge in [-0.1, -0.05) is 108 Å². The number of halogens is 2. The van der Waals surface area contributed by atoms with Gasteiger partial charge in [0, 0.05) is 7.11 Å². The second-order valence-electron chi connectivity index (χ2n) is 41.1. The van der Waals surface area contributed by atoms with E-state index < -0.39 is 144 Å². The Morgan fingerprint density at radius 1 is 0.382 bits per heavy atom. The Kier molecular flexibility index (Phi) is 69.8. The molecule has 0 aromatic carbocycles. The molecule has 0 saturated carbocycles. The number of amides is 2. The number of ether oxygens (including phenoxy) is 11. The third kappa shape index (κ3) is 71.3. The van der Waals surface area contributed by atoms with Crippen molar-refractivity contribution < 1.29 is 176 Å². The zero-order chi connectivity index (χ0) is 106. The molecule has 812 valence electrons. The Hall–Kier alpha value is -2.26. The van der Waals surface area contributed by atoms with Crippen molar-refractivity contribution in [2.75, 3.05) is 92.9 Å². The third-order valence-corrected chi connectivity index (χ3v) is 64.6. The minimum atomic E-state index is -5.86. The molecule has 5 atom stereocenters. The second-order valence-corrected chi connectivity index (χ2v) is 83.9. The molecule has 1 aliphatic heterocycles. The third-order valence-electron chi connectivity index (χ3n) is 20.7. The van der Waals surface area contributed by atoms with Gasteiger partial charge < -0.3 is 108 Å². The second kappa shape index (κ2) is 66.8. The maximum atomic E-state index is 13.0. The first-order valence-electron chi connectivity index (χ1n) is 48.2. The van der Waals surface area contributed by atoms with E-state index in [0.717, 1.165) is 44.4 Å². The maximum absolute atomic E-state index is 13.0. The van der Waals surface area contributed by atoms with E-state index in [9.17, 15) is 60.1 Å². The van der Waals surface area contributed by atoms with Gasteiger partial charge in [-0.2, -0.15) is 8.78 Å².